The Morgan fingerprint density at radius 2 is 1.57 bits per heavy atom. The SMILES string of the molecule is CC(C)S(=O)(=O)CCCCCCCc1ccc(NC(=O)C2CCCCC2)cc1. The number of amides is 1. The molecule has 1 aliphatic carbocycles. The van der Waals surface area contributed by atoms with Crippen molar-refractivity contribution < 1.29 is 13.2 Å². The van der Waals surface area contributed by atoms with Gasteiger partial charge in [-0.1, -0.05) is 50.7 Å². The Labute approximate surface area is 171 Å². The maximum Gasteiger partial charge on any atom is 0.227 e. The van der Waals surface area contributed by atoms with Crippen LogP contribution >= 0.6 is 0 Å². The summed E-state index contributed by atoms with van der Waals surface area (Å²) in [4.78, 5) is 12.3. The number of rotatable bonds is 11. The molecular weight excluding hydrogens is 370 g/mol. The summed E-state index contributed by atoms with van der Waals surface area (Å²) in [7, 11) is -2.88. The van der Waals surface area contributed by atoms with E-state index >= 15 is 0 Å². The van der Waals surface area contributed by atoms with Crippen LogP contribution in [0.4, 0.5) is 5.69 Å². The van der Waals surface area contributed by atoms with Crippen LogP contribution in [0.1, 0.15) is 83.6 Å². The number of sulfone groups is 1. The minimum atomic E-state index is -2.88. The molecule has 28 heavy (non-hydrogen) atoms. The lowest BCUT2D eigenvalue weighted by Crippen LogP contribution is -2.24. The molecule has 2 rings (SSSR count). The molecular formula is C23H37NO3S. The number of anilines is 1. The summed E-state index contributed by atoms with van der Waals surface area (Å²) < 4.78 is 23.5. The topological polar surface area (TPSA) is 63.2 Å². The van der Waals surface area contributed by atoms with E-state index in [0.29, 0.717) is 5.75 Å². The number of benzene rings is 1. The molecule has 0 radical (unpaired) electrons. The Morgan fingerprint density at radius 3 is 2.21 bits per heavy atom. The Balaban J connectivity index is 1.60. The first-order valence-corrected chi connectivity index (χ1v) is 12.7. The summed E-state index contributed by atoms with van der Waals surface area (Å²) in [5.41, 5.74) is 2.18. The largest absolute Gasteiger partial charge is 0.326 e. The van der Waals surface area contributed by atoms with Gasteiger partial charge in [0.1, 0.15) is 0 Å². The second-order valence-electron chi connectivity index (χ2n) is 8.45. The van der Waals surface area contributed by atoms with Gasteiger partial charge < -0.3 is 5.32 Å². The lowest BCUT2D eigenvalue weighted by atomic mass is 9.88. The highest BCUT2D eigenvalue weighted by atomic mass is 32.2. The summed E-state index contributed by atoms with van der Waals surface area (Å²) in [5.74, 6) is 0.675. The number of nitrogens with one attached hydrogen (secondary N) is 1. The second kappa shape index (κ2) is 11.6. The number of carbonyl (C=O) groups is 1. The number of hydrogen-bond acceptors (Lipinski definition) is 3. The predicted octanol–water partition coefficient (Wildman–Crippen LogP) is 5.52. The highest BCUT2D eigenvalue weighted by Crippen LogP contribution is 2.25. The van der Waals surface area contributed by atoms with Gasteiger partial charge in [0, 0.05) is 11.6 Å². The third-order valence-electron chi connectivity index (χ3n) is 5.81. The van der Waals surface area contributed by atoms with E-state index in [-0.39, 0.29) is 17.1 Å². The number of unbranched alkanes of at least 4 members (excludes halogenated alkanes) is 4. The molecule has 0 saturated heterocycles. The molecule has 0 bridgehead atoms. The first kappa shape index (κ1) is 22.9. The quantitative estimate of drug-likeness (QED) is 0.491. The van der Waals surface area contributed by atoms with Gasteiger partial charge in [0.15, 0.2) is 9.84 Å². The van der Waals surface area contributed by atoms with Crippen molar-refractivity contribution in [2.45, 2.75) is 89.7 Å². The van der Waals surface area contributed by atoms with E-state index in [1.165, 1.54) is 24.8 Å². The Kier molecular flexibility index (Phi) is 9.49. The fourth-order valence-corrected chi connectivity index (χ4v) is 4.84. The van der Waals surface area contributed by atoms with Gasteiger partial charge in [-0.3, -0.25) is 4.79 Å². The average molecular weight is 408 g/mol. The van der Waals surface area contributed by atoms with Crippen molar-refractivity contribution in [1.82, 2.24) is 0 Å². The van der Waals surface area contributed by atoms with Crippen molar-refractivity contribution in [3.63, 3.8) is 0 Å². The number of carbonyl (C=O) groups excluding carboxylic acids is 1. The van der Waals surface area contributed by atoms with Crippen LogP contribution in [-0.2, 0) is 21.1 Å². The van der Waals surface area contributed by atoms with E-state index in [9.17, 15) is 13.2 Å². The van der Waals surface area contributed by atoms with E-state index < -0.39 is 9.84 Å². The maximum absolute atomic E-state index is 12.3. The van der Waals surface area contributed by atoms with Gasteiger partial charge in [0.2, 0.25) is 5.91 Å². The maximum atomic E-state index is 12.3. The van der Waals surface area contributed by atoms with Gasteiger partial charge in [0.05, 0.1) is 11.0 Å². The van der Waals surface area contributed by atoms with Crippen LogP contribution in [0.3, 0.4) is 0 Å². The minimum absolute atomic E-state index is 0.173. The summed E-state index contributed by atoms with van der Waals surface area (Å²) in [6.07, 6.45) is 11.8. The zero-order valence-corrected chi connectivity index (χ0v) is 18.4. The lowest BCUT2D eigenvalue weighted by molar-refractivity contribution is -0.120. The third kappa shape index (κ3) is 7.94. The molecule has 0 aliphatic heterocycles. The van der Waals surface area contributed by atoms with Gasteiger partial charge in [-0.15, -0.1) is 0 Å². The monoisotopic (exact) mass is 407 g/mol. The minimum Gasteiger partial charge on any atom is -0.326 e. The van der Waals surface area contributed by atoms with Crippen molar-refractivity contribution in [2.75, 3.05) is 11.1 Å². The van der Waals surface area contributed by atoms with E-state index in [1.54, 1.807) is 13.8 Å². The van der Waals surface area contributed by atoms with Crippen molar-refractivity contribution in [3.8, 4) is 0 Å². The lowest BCUT2D eigenvalue weighted by Gasteiger charge is -2.20. The highest BCUT2D eigenvalue weighted by molar-refractivity contribution is 7.91. The zero-order valence-electron chi connectivity index (χ0n) is 17.6. The highest BCUT2D eigenvalue weighted by Gasteiger charge is 2.20. The average Bonchev–Trinajstić information content (AvgIpc) is 2.69. The van der Waals surface area contributed by atoms with Gasteiger partial charge in [-0.25, -0.2) is 8.42 Å². The molecule has 0 aromatic heterocycles. The molecule has 0 spiro atoms. The van der Waals surface area contributed by atoms with E-state index in [2.05, 4.69) is 17.4 Å². The molecule has 1 aromatic carbocycles. The van der Waals surface area contributed by atoms with Crippen molar-refractivity contribution in [1.29, 1.82) is 0 Å². The molecule has 1 aliphatic rings. The second-order valence-corrected chi connectivity index (χ2v) is 11.1. The van der Waals surface area contributed by atoms with Gasteiger partial charge in [-0.2, -0.15) is 0 Å². The van der Waals surface area contributed by atoms with E-state index in [1.807, 2.05) is 12.1 Å². The van der Waals surface area contributed by atoms with Crippen LogP contribution in [0.5, 0.6) is 0 Å². The van der Waals surface area contributed by atoms with Crippen LogP contribution in [0, 0.1) is 5.92 Å². The molecule has 5 heteroatoms. The molecule has 158 valence electrons. The molecule has 4 nitrogen and oxygen atoms in total. The van der Waals surface area contributed by atoms with Crippen LogP contribution in [0.25, 0.3) is 0 Å². The Bertz CT molecular complexity index is 689. The predicted molar refractivity (Wildman–Crippen MR) is 117 cm³/mol. The molecule has 1 amide bonds. The fourth-order valence-electron chi connectivity index (χ4n) is 3.76. The first-order valence-electron chi connectivity index (χ1n) is 11.0. The standard InChI is InChI=1S/C23H37NO3S/c1-19(2)28(26,27)18-10-5-3-4-7-11-20-14-16-22(17-15-20)24-23(25)21-12-8-6-9-13-21/h14-17,19,21H,3-13,18H2,1-2H3,(H,24,25). The van der Waals surface area contributed by atoms with Gasteiger partial charge in [-0.05, 0) is 63.6 Å². The van der Waals surface area contributed by atoms with Crippen LogP contribution in [0.2, 0.25) is 0 Å². The summed E-state index contributed by atoms with van der Waals surface area (Å²) in [6, 6.07) is 8.22. The molecule has 1 aromatic rings. The summed E-state index contributed by atoms with van der Waals surface area (Å²) >= 11 is 0. The number of aryl methyl sites for hydroxylation is 1. The van der Waals surface area contributed by atoms with Gasteiger partial charge in [0.25, 0.3) is 0 Å². The van der Waals surface area contributed by atoms with E-state index in [4.69, 9.17) is 0 Å². The van der Waals surface area contributed by atoms with Crippen LogP contribution in [-0.4, -0.2) is 25.3 Å². The zero-order chi connectivity index (χ0) is 20.4. The Hall–Kier alpha value is -1.36. The van der Waals surface area contributed by atoms with Crippen molar-refractivity contribution >= 4 is 21.4 Å². The molecule has 0 atom stereocenters. The summed E-state index contributed by atoms with van der Waals surface area (Å²) in [5, 5.41) is 2.80. The van der Waals surface area contributed by atoms with Crippen molar-refractivity contribution in [2.24, 2.45) is 5.92 Å². The Morgan fingerprint density at radius 1 is 0.964 bits per heavy atom. The molecule has 0 unspecified atom stereocenters. The number of hydrogen-bond donors (Lipinski definition) is 1. The smallest absolute Gasteiger partial charge is 0.227 e. The van der Waals surface area contributed by atoms with E-state index in [0.717, 1.165) is 57.1 Å². The molecule has 1 saturated carbocycles. The molecule has 1 fully saturated rings. The van der Waals surface area contributed by atoms with Crippen LogP contribution < -0.4 is 5.32 Å². The summed E-state index contributed by atoms with van der Waals surface area (Å²) in [6.45, 7) is 3.50. The van der Waals surface area contributed by atoms with Crippen molar-refractivity contribution in [3.05, 3.63) is 29.8 Å². The fraction of sp³-hybridized carbons (Fsp3) is 0.696. The normalized spacial score (nSPS) is 15.7. The van der Waals surface area contributed by atoms with Crippen LogP contribution in [0.15, 0.2) is 24.3 Å². The van der Waals surface area contributed by atoms with Gasteiger partial charge >= 0.3 is 0 Å². The third-order valence-corrected chi connectivity index (χ3v) is 8.10. The molecule has 0 heterocycles. The first-order chi connectivity index (χ1) is 13.4. The molecule has 1 N–H and O–H groups in total.